The molecule has 29 heavy (non-hydrogen) atoms. The number of nitrogens with one attached hydrogen (secondary N) is 2. The summed E-state index contributed by atoms with van der Waals surface area (Å²) in [6, 6.07) is 20.7. The van der Waals surface area contributed by atoms with Gasteiger partial charge in [0.25, 0.3) is 0 Å². The zero-order valence-corrected chi connectivity index (χ0v) is 17.1. The van der Waals surface area contributed by atoms with Gasteiger partial charge in [-0.25, -0.2) is 8.42 Å². The number of anilines is 1. The average Bonchev–Trinajstić information content (AvgIpc) is 2.71. The lowest BCUT2D eigenvalue weighted by Crippen LogP contribution is -2.41. The molecule has 8 heteroatoms. The Kier molecular flexibility index (Phi) is 6.53. The van der Waals surface area contributed by atoms with Gasteiger partial charge in [0.2, 0.25) is 15.9 Å². The molecule has 0 unspecified atom stereocenters. The maximum absolute atomic E-state index is 12.6. The van der Waals surface area contributed by atoms with Crippen molar-refractivity contribution in [2.45, 2.75) is 17.9 Å². The molecular formula is C21H19ClN2O4S. The Hall–Kier alpha value is -2.87. The summed E-state index contributed by atoms with van der Waals surface area (Å²) >= 11 is 6.05. The molecule has 3 aromatic rings. The highest BCUT2D eigenvalue weighted by Crippen LogP contribution is 2.32. The van der Waals surface area contributed by atoms with E-state index in [4.69, 9.17) is 16.3 Å². The van der Waals surface area contributed by atoms with Crippen LogP contribution in [0.3, 0.4) is 0 Å². The molecule has 0 fully saturated rings. The number of sulfonamides is 1. The maximum atomic E-state index is 12.6. The predicted molar refractivity (Wildman–Crippen MR) is 113 cm³/mol. The number of carbonyl (C=O) groups excluding carboxylic acids is 1. The summed E-state index contributed by atoms with van der Waals surface area (Å²) in [7, 11) is -3.83. The Balaban J connectivity index is 1.75. The van der Waals surface area contributed by atoms with Crippen LogP contribution in [0, 0.1) is 0 Å². The highest BCUT2D eigenvalue weighted by Gasteiger charge is 2.23. The molecule has 150 valence electrons. The van der Waals surface area contributed by atoms with Crippen LogP contribution in [0.25, 0.3) is 0 Å². The average molecular weight is 431 g/mol. The number of hydrogen-bond acceptors (Lipinski definition) is 4. The molecule has 2 N–H and O–H groups in total. The third kappa shape index (κ3) is 5.57. The van der Waals surface area contributed by atoms with Crippen molar-refractivity contribution in [1.29, 1.82) is 0 Å². The monoisotopic (exact) mass is 430 g/mol. The highest BCUT2D eigenvalue weighted by atomic mass is 35.5. The van der Waals surface area contributed by atoms with Gasteiger partial charge in [-0.1, -0.05) is 48.0 Å². The van der Waals surface area contributed by atoms with Crippen molar-refractivity contribution in [3.8, 4) is 11.5 Å². The maximum Gasteiger partial charge on any atom is 0.242 e. The van der Waals surface area contributed by atoms with E-state index in [1.54, 1.807) is 42.5 Å². The van der Waals surface area contributed by atoms with Crippen molar-refractivity contribution in [2.24, 2.45) is 0 Å². The molecule has 0 saturated carbocycles. The number of rotatable bonds is 7. The molecule has 0 bridgehead atoms. The second-order valence-corrected chi connectivity index (χ2v) is 8.35. The van der Waals surface area contributed by atoms with Crippen LogP contribution >= 0.6 is 11.6 Å². The lowest BCUT2D eigenvalue weighted by atomic mass is 10.2. The normalized spacial score (nSPS) is 12.2. The minimum absolute atomic E-state index is 0.0792. The van der Waals surface area contributed by atoms with Gasteiger partial charge in [0.1, 0.15) is 5.75 Å². The number of benzene rings is 3. The van der Waals surface area contributed by atoms with Gasteiger partial charge in [-0.05, 0) is 49.4 Å². The van der Waals surface area contributed by atoms with Crippen LogP contribution in [0.15, 0.2) is 83.8 Å². The van der Waals surface area contributed by atoms with Gasteiger partial charge in [0.05, 0.1) is 16.6 Å². The van der Waals surface area contributed by atoms with Crippen molar-refractivity contribution in [3.05, 3.63) is 83.9 Å². The van der Waals surface area contributed by atoms with E-state index >= 15 is 0 Å². The predicted octanol–water partition coefficient (Wildman–Crippen LogP) is 4.44. The smallest absolute Gasteiger partial charge is 0.242 e. The molecular weight excluding hydrogens is 412 g/mol. The number of para-hydroxylation sites is 1. The van der Waals surface area contributed by atoms with E-state index in [1.807, 2.05) is 18.2 Å². The minimum atomic E-state index is -3.83. The number of amides is 1. The molecule has 3 rings (SSSR count). The van der Waals surface area contributed by atoms with Crippen molar-refractivity contribution >= 4 is 33.2 Å². The summed E-state index contributed by atoms with van der Waals surface area (Å²) in [6.45, 7) is 1.46. The molecule has 6 nitrogen and oxygen atoms in total. The van der Waals surface area contributed by atoms with Crippen molar-refractivity contribution in [1.82, 2.24) is 4.72 Å². The first-order valence-corrected chi connectivity index (χ1v) is 10.6. The summed E-state index contributed by atoms with van der Waals surface area (Å²) < 4.78 is 33.0. The first kappa shape index (κ1) is 20.9. The Bertz CT molecular complexity index is 1090. The first-order valence-electron chi connectivity index (χ1n) is 8.76. The lowest BCUT2D eigenvalue weighted by Gasteiger charge is -2.17. The Morgan fingerprint density at radius 2 is 1.59 bits per heavy atom. The Morgan fingerprint density at radius 3 is 2.24 bits per heavy atom. The minimum Gasteiger partial charge on any atom is -0.455 e. The summed E-state index contributed by atoms with van der Waals surface area (Å²) in [5, 5.41) is 3.07. The largest absolute Gasteiger partial charge is 0.455 e. The fourth-order valence-electron chi connectivity index (χ4n) is 2.50. The summed E-state index contributed by atoms with van der Waals surface area (Å²) in [5.74, 6) is 0.417. The molecule has 0 aliphatic rings. The van der Waals surface area contributed by atoms with Gasteiger partial charge in [-0.2, -0.15) is 4.72 Å². The topological polar surface area (TPSA) is 84.5 Å². The molecule has 0 spiro atoms. The van der Waals surface area contributed by atoms with E-state index in [9.17, 15) is 13.2 Å². The van der Waals surface area contributed by atoms with Gasteiger partial charge in [-0.15, -0.1) is 0 Å². The van der Waals surface area contributed by atoms with Crippen LogP contribution < -0.4 is 14.8 Å². The molecule has 0 aliphatic carbocycles. The zero-order valence-electron chi connectivity index (χ0n) is 15.5. The van der Waals surface area contributed by atoms with E-state index in [2.05, 4.69) is 10.0 Å². The molecule has 3 aromatic carbocycles. The van der Waals surface area contributed by atoms with E-state index in [-0.39, 0.29) is 4.90 Å². The second kappa shape index (κ2) is 9.09. The number of hydrogen-bond donors (Lipinski definition) is 2. The molecule has 0 aromatic heterocycles. The Labute approximate surface area is 174 Å². The highest BCUT2D eigenvalue weighted by molar-refractivity contribution is 7.89. The lowest BCUT2D eigenvalue weighted by molar-refractivity contribution is -0.117. The molecule has 1 amide bonds. The van der Waals surface area contributed by atoms with Crippen LogP contribution in [-0.2, 0) is 14.8 Å². The summed E-state index contributed by atoms with van der Waals surface area (Å²) in [5.41, 5.74) is 0.331. The van der Waals surface area contributed by atoms with Crippen LogP contribution in [0.2, 0.25) is 5.02 Å². The van der Waals surface area contributed by atoms with E-state index in [0.29, 0.717) is 22.2 Å². The zero-order chi connectivity index (χ0) is 20.9. The molecule has 0 radical (unpaired) electrons. The van der Waals surface area contributed by atoms with Crippen molar-refractivity contribution in [2.75, 3.05) is 5.32 Å². The quantitative estimate of drug-likeness (QED) is 0.580. The van der Waals surface area contributed by atoms with Gasteiger partial charge in [-0.3, -0.25) is 4.79 Å². The first-order chi connectivity index (χ1) is 13.8. The summed E-state index contributed by atoms with van der Waals surface area (Å²) in [4.78, 5) is 12.7. The van der Waals surface area contributed by atoms with Crippen LogP contribution in [0.4, 0.5) is 5.69 Å². The molecule has 1 atom stereocenters. The van der Waals surface area contributed by atoms with E-state index in [1.165, 1.54) is 25.1 Å². The van der Waals surface area contributed by atoms with Crippen molar-refractivity contribution < 1.29 is 17.9 Å². The fourth-order valence-corrected chi connectivity index (χ4v) is 3.90. The number of halogens is 1. The van der Waals surface area contributed by atoms with Gasteiger partial charge >= 0.3 is 0 Å². The Morgan fingerprint density at radius 1 is 0.966 bits per heavy atom. The number of ether oxygens (including phenoxy) is 1. The molecule has 0 aliphatic heterocycles. The third-order valence-electron chi connectivity index (χ3n) is 3.95. The third-order valence-corrected chi connectivity index (χ3v) is 5.74. The van der Waals surface area contributed by atoms with Gasteiger partial charge in [0, 0.05) is 5.02 Å². The SMILES string of the molecule is C[C@H](NS(=O)(=O)c1ccccc1)C(=O)Nc1cc(Cl)ccc1Oc1ccccc1. The number of carbonyl (C=O) groups is 1. The van der Waals surface area contributed by atoms with Gasteiger partial charge in [0.15, 0.2) is 5.75 Å². The van der Waals surface area contributed by atoms with Gasteiger partial charge < -0.3 is 10.1 Å². The van der Waals surface area contributed by atoms with E-state index < -0.39 is 22.0 Å². The van der Waals surface area contributed by atoms with Crippen molar-refractivity contribution in [3.63, 3.8) is 0 Å². The fraction of sp³-hybridized carbons (Fsp3) is 0.0952. The standard InChI is InChI=1S/C21H19ClN2O4S/c1-15(24-29(26,27)18-10-6-3-7-11-18)21(25)23-19-14-16(22)12-13-20(19)28-17-8-4-2-5-9-17/h2-15,24H,1H3,(H,23,25)/t15-/m0/s1. The second-order valence-electron chi connectivity index (χ2n) is 6.20. The summed E-state index contributed by atoms with van der Waals surface area (Å²) in [6.07, 6.45) is 0. The van der Waals surface area contributed by atoms with E-state index in [0.717, 1.165) is 0 Å². The van der Waals surface area contributed by atoms with Crippen LogP contribution in [0.5, 0.6) is 11.5 Å². The van der Waals surface area contributed by atoms with Crippen LogP contribution in [-0.4, -0.2) is 20.4 Å². The van der Waals surface area contributed by atoms with Crippen LogP contribution in [0.1, 0.15) is 6.92 Å². The molecule has 0 saturated heterocycles. The molecule has 0 heterocycles.